The molecule has 2 aromatic rings. The fourth-order valence-corrected chi connectivity index (χ4v) is 2.87. The Labute approximate surface area is 108 Å². The average molecular weight is 241 g/mol. The van der Waals surface area contributed by atoms with Crippen molar-refractivity contribution < 1.29 is 0 Å². The second-order valence-electron chi connectivity index (χ2n) is 5.14. The van der Waals surface area contributed by atoms with Gasteiger partial charge in [0.15, 0.2) is 0 Å². The van der Waals surface area contributed by atoms with Crippen LogP contribution in [-0.2, 0) is 6.42 Å². The Morgan fingerprint density at radius 1 is 1.11 bits per heavy atom. The van der Waals surface area contributed by atoms with E-state index in [4.69, 9.17) is 0 Å². The van der Waals surface area contributed by atoms with Crippen molar-refractivity contribution in [2.45, 2.75) is 38.5 Å². The number of benzene rings is 1. The molecular formula is C15H19N3. The van der Waals surface area contributed by atoms with E-state index < -0.39 is 0 Å². The molecule has 0 radical (unpaired) electrons. The van der Waals surface area contributed by atoms with Crippen molar-refractivity contribution in [3.8, 4) is 5.69 Å². The normalized spacial score (nSPS) is 16.2. The van der Waals surface area contributed by atoms with E-state index in [0.29, 0.717) is 0 Å². The van der Waals surface area contributed by atoms with Crippen LogP contribution in [0.15, 0.2) is 36.7 Å². The predicted molar refractivity (Wildman–Crippen MR) is 71.6 cm³/mol. The highest BCUT2D eigenvalue weighted by Crippen LogP contribution is 2.28. The van der Waals surface area contributed by atoms with Crippen LogP contribution in [0.1, 0.15) is 37.9 Å². The van der Waals surface area contributed by atoms with Gasteiger partial charge in [0.2, 0.25) is 0 Å². The molecular weight excluding hydrogens is 222 g/mol. The molecule has 0 N–H and O–H groups in total. The van der Waals surface area contributed by atoms with Gasteiger partial charge in [0.05, 0.1) is 0 Å². The Balaban J connectivity index is 1.71. The van der Waals surface area contributed by atoms with Crippen LogP contribution in [-0.4, -0.2) is 14.8 Å². The number of aromatic nitrogens is 3. The first-order valence-corrected chi connectivity index (χ1v) is 6.88. The number of hydrogen-bond donors (Lipinski definition) is 0. The summed E-state index contributed by atoms with van der Waals surface area (Å²) in [4.78, 5) is 0. The highest BCUT2D eigenvalue weighted by Gasteiger charge is 2.16. The number of para-hydroxylation sites is 1. The minimum atomic E-state index is 0.908. The minimum absolute atomic E-state index is 0.908. The molecule has 3 heteroatoms. The molecule has 3 nitrogen and oxygen atoms in total. The van der Waals surface area contributed by atoms with Gasteiger partial charge in [-0.3, -0.25) is 4.57 Å². The topological polar surface area (TPSA) is 30.7 Å². The monoisotopic (exact) mass is 241 g/mol. The molecule has 1 saturated carbocycles. The zero-order valence-corrected chi connectivity index (χ0v) is 10.6. The van der Waals surface area contributed by atoms with Crippen LogP contribution in [0.25, 0.3) is 5.69 Å². The van der Waals surface area contributed by atoms with Crippen LogP contribution in [0.5, 0.6) is 0 Å². The largest absolute Gasteiger partial charge is 0.286 e. The highest BCUT2D eigenvalue weighted by molar-refractivity contribution is 5.31. The van der Waals surface area contributed by atoms with Gasteiger partial charge in [-0.1, -0.05) is 43.9 Å². The SMILES string of the molecule is c1ccc(-n2cnnc2CCC2CCCC2)cc1. The lowest BCUT2D eigenvalue weighted by atomic mass is 10.0. The van der Waals surface area contributed by atoms with E-state index in [2.05, 4.69) is 39.0 Å². The molecule has 18 heavy (non-hydrogen) atoms. The van der Waals surface area contributed by atoms with E-state index >= 15 is 0 Å². The molecule has 0 unspecified atom stereocenters. The number of rotatable bonds is 4. The van der Waals surface area contributed by atoms with E-state index in [1.807, 2.05) is 12.4 Å². The quantitative estimate of drug-likeness (QED) is 0.821. The molecule has 1 aromatic carbocycles. The number of hydrogen-bond acceptors (Lipinski definition) is 2. The molecule has 1 aromatic heterocycles. The third-order valence-corrected chi connectivity index (χ3v) is 3.90. The summed E-state index contributed by atoms with van der Waals surface area (Å²) in [5.41, 5.74) is 1.16. The zero-order valence-electron chi connectivity index (χ0n) is 10.6. The maximum absolute atomic E-state index is 4.27. The van der Waals surface area contributed by atoms with Crippen molar-refractivity contribution >= 4 is 0 Å². The highest BCUT2D eigenvalue weighted by atomic mass is 15.3. The van der Waals surface area contributed by atoms with Crippen molar-refractivity contribution in [3.63, 3.8) is 0 Å². The molecule has 0 spiro atoms. The van der Waals surface area contributed by atoms with Crippen LogP contribution in [0.2, 0.25) is 0 Å². The number of nitrogens with zero attached hydrogens (tertiary/aromatic N) is 3. The Morgan fingerprint density at radius 2 is 1.89 bits per heavy atom. The van der Waals surface area contributed by atoms with Gasteiger partial charge >= 0.3 is 0 Å². The summed E-state index contributed by atoms with van der Waals surface area (Å²) in [5.74, 6) is 2.00. The molecule has 94 valence electrons. The lowest BCUT2D eigenvalue weighted by molar-refractivity contribution is 0.495. The Bertz CT molecular complexity index is 483. The van der Waals surface area contributed by atoms with Crippen molar-refractivity contribution in [2.75, 3.05) is 0 Å². The summed E-state index contributed by atoms with van der Waals surface area (Å²) < 4.78 is 2.11. The Morgan fingerprint density at radius 3 is 2.67 bits per heavy atom. The number of aryl methyl sites for hydroxylation is 1. The van der Waals surface area contributed by atoms with Crippen LogP contribution < -0.4 is 0 Å². The fraction of sp³-hybridized carbons (Fsp3) is 0.467. The van der Waals surface area contributed by atoms with Gasteiger partial charge in [-0.25, -0.2) is 0 Å². The smallest absolute Gasteiger partial charge is 0.137 e. The van der Waals surface area contributed by atoms with Gasteiger partial charge in [-0.2, -0.15) is 0 Å². The third-order valence-electron chi connectivity index (χ3n) is 3.90. The summed E-state index contributed by atoms with van der Waals surface area (Å²) in [6, 6.07) is 10.3. The Hall–Kier alpha value is -1.64. The van der Waals surface area contributed by atoms with Gasteiger partial charge < -0.3 is 0 Å². The second kappa shape index (κ2) is 5.34. The van der Waals surface area contributed by atoms with Crippen LogP contribution in [0.4, 0.5) is 0 Å². The Kier molecular flexibility index (Phi) is 3.40. The van der Waals surface area contributed by atoms with Crippen molar-refractivity contribution in [3.05, 3.63) is 42.5 Å². The maximum atomic E-state index is 4.27. The first-order valence-electron chi connectivity index (χ1n) is 6.88. The summed E-state index contributed by atoms with van der Waals surface area (Å²) in [5, 5.41) is 8.32. The van der Waals surface area contributed by atoms with Gasteiger partial charge in [0.1, 0.15) is 12.2 Å². The van der Waals surface area contributed by atoms with Gasteiger partial charge in [-0.05, 0) is 24.5 Å². The van der Waals surface area contributed by atoms with Crippen LogP contribution in [0.3, 0.4) is 0 Å². The molecule has 1 aliphatic rings. The zero-order chi connectivity index (χ0) is 12.2. The molecule has 1 heterocycles. The minimum Gasteiger partial charge on any atom is -0.286 e. The summed E-state index contributed by atoms with van der Waals surface area (Å²) in [6.45, 7) is 0. The van der Waals surface area contributed by atoms with Crippen LogP contribution in [0, 0.1) is 5.92 Å². The van der Waals surface area contributed by atoms with E-state index in [1.165, 1.54) is 32.1 Å². The maximum Gasteiger partial charge on any atom is 0.137 e. The predicted octanol–water partition coefficient (Wildman–Crippen LogP) is 3.39. The van der Waals surface area contributed by atoms with E-state index in [0.717, 1.165) is 23.9 Å². The van der Waals surface area contributed by atoms with Crippen molar-refractivity contribution in [2.24, 2.45) is 5.92 Å². The van der Waals surface area contributed by atoms with Crippen LogP contribution >= 0.6 is 0 Å². The fourth-order valence-electron chi connectivity index (χ4n) is 2.87. The van der Waals surface area contributed by atoms with E-state index in [9.17, 15) is 0 Å². The molecule has 0 atom stereocenters. The molecule has 3 rings (SSSR count). The molecule has 0 saturated heterocycles. The summed E-state index contributed by atoms with van der Waals surface area (Å²) in [6.07, 6.45) is 9.75. The van der Waals surface area contributed by atoms with Crippen molar-refractivity contribution in [1.29, 1.82) is 0 Å². The summed E-state index contributed by atoms with van der Waals surface area (Å²) >= 11 is 0. The summed E-state index contributed by atoms with van der Waals surface area (Å²) in [7, 11) is 0. The first-order chi connectivity index (χ1) is 8.93. The molecule has 1 aliphatic carbocycles. The molecule has 0 amide bonds. The van der Waals surface area contributed by atoms with Gasteiger partial charge in [0.25, 0.3) is 0 Å². The first kappa shape index (κ1) is 11.5. The average Bonchev–Trinajstić information content (AvgIpc) is 3.09. The van der Waals surface area contributed by atoms with E-state index in [-0.39, 0.29) is 0 Å². The second-order valence-corrected chi connectivity index (χ2v) is 5.14. The third kappa shape index (κ3) is 2.45. The lowest BCUT2D eigenvalue weighted by Gasteiger charge is -2.09. The lowest BCUT2D eigenvalue weighted by Crippen LogP contribution is -2.03. The molecule has 0 aliphatic heterocycles. The van der Waals surface area contributed by atoms with E-state index in [1.54, 1.807) is 0 Å². The molecule has 1 fully saturated rings. The molecule has 0 bridgehead atoms. The van der Waals surface area contributed by atoms with Gasteiger partial charge in [0, 0.05) is 12.1 Å². The standard InChI is InChI=1S/C15H19N3/c1-2-8-14(9-3-1)18-12-16-17-15(18)11-10-13-6-4-5-7-13/h1-3,8-9,12-13H,4-7,10-11H2. The van der Waals surface area contributed by atoms with Crippen molar-refractivity contribution in [1.82, 2.24) is 14.8 Å². The van der Waals surface area contributed by atoms with Gasteiger partial charge in [-0.15, -0.1) is 10.2 Å².